The van der Waals surface area contributed by atoms with Crippen molar-refractivity contribution in [2.24, 2.45) is 0 Å². The SMILES string of the molecule is N#CC(C(=O)[O-])=C(c1ccccc1)c1ccccc1.[Na+]. The number of rotatable bonds is 3. The Balaban J connectivity index is 0.00000200. The second-order valence-corrected chi connectivity index (χ2v) is 3.88. The monoisotopic (exact) mass is 271 g/mol. The molecule has 0 aromatic heterocycles. The molecule has 0 unspecified atom stereocenters. The normalized spacial score (nSPS) is 8.95. The molecule has 92 valence electrons. The van der Waals surface area contributed by atoms with Crippen LogP contribution < -0.4 is 34.7 Å². The van der Waals surface area contributed by atoms with E-state index in [0.29, 0.717) is 16.7 Å². The Hall–Kier alpha value is -1.86. The van der Waals surface area contributed by atoms with Gasteiger partial charge in [-0.1, -0.05) is 60.7 Å². The van der Waals surface area contributed by atoms with Crippen molar-refractivity contribution in [1.29, 1.82) is 5.26 Å². The summed E-state index contributed by atoms with van der Waals surface area (Å²) in [6.07, 6.45) is 0. The topological polar surface area (TPSA) is 63.9 Å². The molecule has 0 aliphatic heterocycles. The first kappa shape index (κ1) is 16.2. The maximum atomic E-state index is 11.1. The third kappa shape index (κ3) is 3.58. The van der Waals surface area contributed by atoms with Crippen molar-refractivity contribution in [2.75, 3.05) is 0 Å². The van der Waals surface area contributed by atoms with Gasteiger partial charge in [0.1, 0.15) is 6.07 Å². The number of hydrogen-bond acceptors (Lipinski definition) is 3. The molecular weight excluding hydrogens is 261 g/mol. The number of carboxylic acid groups (broad SMARTS) is 1. The molecule has 0 heterocycles. The number of aliphatic carboxylic acids is 1. The number of benzene rings is 2. The van der Waals surface area contributed by atoms with Crippen LogP contribution in [-0.4, -0.2) is 5.97 Å². The van der Waals surface area contributed by atoms with E-state index in [0.717, 1.165) is 0 Å². The molecule has 0 fully saturated rings. The van der Waals surface area contributed by atoms with Gasteiger partial charge in [0.2, 0.25) is 0 Å². The molecule has 0 aliphatic rings. The number of carbonyl (C=O) groups is 1. The van der Waals surface area contributed by atoms with Crippen LogP contribution in [0.3, 0.4) is 0 Å². The molecule has 0 atom stereocenters. The third-order valence-electron chi connectivity index (χ3n) is 2.69. The van der Waals surface area contributed by atoms with E-state index < -0.39 is 5.97 Å². The summed E-state index contributed by atoms with van der Waals surface area (Å²) in [6.45, 7) is 0. The largest absolute Gasteiger partial charge is 1.00 e. The predicted octanol–water partition coefficient (Wildman–Crippen LogP) is -1.23. The summed E-state index contributed by atoms with van der Waals surface area (Å²) in [6, 6.07) is 19.6. The molecule has 4 heteroatoms. The zero-order chi connectivity index (χ0) is 13.7. The molecule has 0 spiro atoms. The molecular formula is C16H10NNaO2. The van der Waals surface area contributed by atoms with E-state index in [2.05, 4.69) is 0 Å². The quantitative estimate of drug-likeness (QED) is 0.399. The molecule has 2 aromatic rings. The number of hydrogen-bond donors (Lipinski definition) is 0. The van der Waals surface area contributed by atoms with Crippen molar-refractivity contribution in [3.8, 4) is 6.07 Å². The minimum atomic E-state index is -1.47. The standard InChI is InChI=1S/C16H11NO2.Na/c17-11-14(16(18)19)15(12-7-3-1-4-8-12)13-9-5-2-6-10-13;/h1-10H,(H,18,19);/q;+1/p-1. The fourth-order valence-corrected chi connectivity index (χ4v) is 1.87. The minimum Gasteiger partial charge on any atom is -0.544 e. The van der Waals surface area contributed by atoms with E-state index in [1.54, 1.807) is 54.6 Å². The maximum absolute atomic E-state index is 11.1. The van der Waals surface area contributed by atoms with Crippen LogP contribution >= 0.6 is 0 Å². The van der Waals surface area contributed by atoms with Crippen LogP contribution in [0.25, 0.3) is 5.57 Å². The van der Waals surface area contributed by atoms with Gasteiger partial charge in [0, 0.05) is 5.57 Å². The van der Waals surface area contributed by atoms with Gasteiger partial charge >= 0.3 is 29.6 Å². The van der Waals surface area contributed by atoms with Gasteiger partial charge in [-0.3, -0.25) is 0 Å². The van der Waals surface area contributed by atoms with Crippen molar-refractivity contribution < 1.29 is 39.5 Å². The van der Waals surface area contributed by atoms with Gasteiger partial charge < -0.3 is 9.90 Å². The van der Waals surface area contributed by atoms with Crippen LogP contribution in [0.2, 0.25) is 0 Å². The van der Waals surface area contributed by atoms with E-state index in [1.165, 1.54) is 0 Å². The number of nitrogens with zero attached hydrogens (tertiary/aromatic N) is 1. The van der Waals surface area contributed by atoms with Crippen LogP contribution in [-0.2, 0) is 4.79 Å². The van der Waals surface area contributed by atoms with Crippen molar-refractivity contribution in [3.05, 3.63) is 77.4 Å². The maximum Gasteiger partial charge on any atom is 1.00 e. The first-order valence-corrected chi connectivity index (χ1v) is 5.70. The Labute approximate surface area is 139 Å². The fourth-order valence-electron chi connectivity index (χ4n) is 1.87. The molecule has 0 N–H and O–H groups in total. The Morgan fingerprint density at radius 1 is 0.900 bits per heavy atom. The van der Waals surface area contributed by atoms with Gasteiger partial charge in [-0.15, -0.1) is 0 Å². The van der Waals surface area contributed by atoms with Crippen LogP contribution in [0.1, 0.15) is 11.1 Å². The molecule has 0 bridgehead atoms. The number of nitriles is 1. The second-order valence-electron chi connectivity index (χ2n) is 3.88. The van der Waals surface area contributed by atoms with E-state index in [9.17, 15) is 9.90 Å². The first-order chi connectivity index (χ1) is 9.24. The van der Waals surface area contributed by atoms with Gasteiger partial charge in [0.15, 0.2) is 0 Å². The summed E-state index contributed by atoms with van der Waals surface area (Å²) in [5, 5.41) is 20.2. The molecule has 0 radical (unpaired) electrons. The van der Waals surface area contributed by atoms with Crippen LogP contribution in [0.5, 0.6) is 0 Å². The Bertz CT molecular complexity index is 616. The van der Waals surface area contributed by atoms with Gasteiger partial charge in [0.25, 0.3) is 0 Å². The van der Waals surface area contributed by atoms with Crippen molar-refractivity contribution in [1.82, 2.24) is 0 Å². The predicted molar refractivity (Wildman–Crippen MR) is 69.5 cm³/mol. The third-order valence-corrected chi connectivity index (χ3v) is 2.69. The molecule has 20 heavy (non-hydrogen) atoms. The van der Waals surface area contributed by atoms with E-state index in [1.807, 2.05) is 12.1 Å². The Morgan fingerprint density at radius 2 is 1.30 bits per heavy atom. The van der Waals surface area contributed by atoms with Crippen LogP contribution in [0, 0.1) is 11.3 Å². The minimum absolute atomic E-state index is 0. The molecule has 0 amide bonds. The average molecular weight is 271 g/mol. The van der Waals surface area contributed by atoms with Gasteiger partial charge in [-0.25, -0.2) is 0 Å². The van der Waals surface area contributed by atoms with Gasteiger partial charge in [0.05, 0.1) is 11.5 Å². The zero-order valence-electron chi connectivity index (χ0n) is 11.0. The van der Waals surface area contributed by atoms with Crippen molar-refractivity contribution in [2.45, 2.75) is 0 Å². The molecule has 2 rings (SSSR count). The van der Waals surface area contributed by atoms with E-state index >= 15 is 0 Å². The van der Waals surface area contributed by atoms with Crippen LogP contribution in [0.15, 0.2) is 66.2 Å². The summed E-state index contributed by atoms with van der Waals surface area (Å²) < 4.78 is 0. The fraction of sp³-hybridized carbons (Fsp3) is 0. The first-order valence-electron chi connectivity index (χ1n) is 5.70. The average Bonchev–Trinajstić information content (AvgIpc) is 2.46. The van der Waals surface area contributed by atoms with Gasteiger partial charge in [-0.05, 0) is 11.1 Å². The number of carbonyl (C=O) groups excluding carboxylic acids is 1. The summed E-state index contributed by atoms with van der Waals surface area (Å²) >= 11 is 0. The summed E-state index contributed by atoms with van der Waals surface area (Å²) in [5.74, 6) is -1.47. The molecule has 2 aromatic carbocycles. The summed E-state index contributed by atoms with van der Waals surface area (Å²) in [7, 11) is 0. The summed E-state index contributed by atoms with van der Waals surface area (Å²) in [4.78, 5) is 11.1. The van der Waals surface area contributed by atoms with E-state index in [4.69, 9.17) is 5.26 Å². The molecule has 0 aliphatic carbocycles. The number of carboxylic acids is 1. The van der Waals surface area contributed by atoms with Crippen molar-refractivity contribution >= 4 is 11.5 Å². The van der Waals surface area contributed by atoms with Crippen molar-refractivity contribution in [3.63, 3.8) is 0 Å². The molecule has 0 saturated heterocycles. The second kappa shape index (κ2) is 7.66. The van der Waals surface area contributed by atoms with Crippen LogP contribution in [0.4, 0.5) is 0 Å². The molecule has 3 nitrogen and oxygen atoms in total. The van der Waals surface area contributed by atoms with E-state index in [-0.39, 0.29) is 35.1 Å². The summed E-state index contributed by atoms with van der Waals surface area (Å²) in [5.41, 5.74) is 1.37. The molecule has 0 saturated carbocycles. The Kier molecular flexibility index (Phi) is 6.20. The van der Waals surface area contributed by atoms with Gasteiger partial charge in [-0.2, -0.15) is 5.26 Å². The Morgan fingerprint density at radius 3 is 1.60 bits per heavy atom. The smallest absolute Gasteiger partial charge is 0.544 e. The zero-order valence-corrected chi connectivity index (χ0v) is 13.0.